The van der Waals surface area contributed by atoms with Crippen LogP contribution in [0.3, 0.4) is 0 Å². The molecule has 0 radical (unpaired) electrons. The molecule has 0 amide bonds. The van der Waals surface area contributed by atoms with Gasteiger partial charge < -0.3 is 24.1 Å². The highest BCUT2D eigenvalue weighted by molar-refractivity contribution is 5.27. The average molecular weight is 551 g/mol. The van der Waals surface area contributed by atoms with Crippen LogP contribution in [-0.4, -0.2) is 38.6 Å². The Labute approximate surface area is 241 Å². The number of aliphatic hydroxyl groups excluding tert-OH is 1. The molecule has 0 spiro atoms. The fourth-order valence-electron chi connectivity index (χ4n) is 7.12. The molecule has 0 aliphatic heterocycles. The summed E-state index contributed by atoms with van der Waals surface area (Å²) in [5.74, 6) is 4.92. The Hall–Kier alpha value is -2.34. The van der Waals surface area contributed by atoms with Crippen LogP contribution in [0.4, 0.5) is 0 Å². The van der Waals surface area contributed by atoms with Crippen molar-refractivity contribution >= 4 is 0 Å². The fourth-order valence-corrected chi connectivity index (χ4v) is 7.12. The fraction of sp³-hybridized carbons (Fsp3) is 0.600. The molecule has 5 nitrogen and oxygen atoms in total. The molecule has 0 saturated heterocycles. The minimum atomic E-state index is -0.252. The Morgan fingerprint density at radius 3 is 1.85 bits per heavy atom. The van der Waals surface area contributed by atoms with Gasteiger partial charge in [0.15, 0.2) is 0 Å². The molecular weight excluding hydrogens is 500 g/mol. The summed E-state index contributed by atoms with van der Waals surface area (Å²) >= 11 is 0. The van der Waals surface area contributed by atoms with Gasteiger partial charge in [-0.3, -0.25) is 0 Å². The van der Waals surface area contributed by atoms with Crippen LogP contribution in [0.5, 0.6) is 11.5 Å². The number of methoxy groups -OCH3 is 2. The predicted molar refractivity (Wildman–Crippen MR) is 160 cm³/mol. The van der Waals surface area contributed by atoms with E-state index in [2.05, 4.69) is 58.0 Å². The second-order valence-corrected chi connectivity index (χ2v) is 12.5. The smallest absolute Gasteiger partial charge is 0.118 e. The summed E-state index contributed by atoms with van der Waals surface area (Å²) in [6, 6.07) is 16.2. The second-order valence-electron chi connectivity index (χ2n) is 12.5. The van der Waals surface area contributed by atoms with E-state index in [1.54, 1.807) is 14.2 Å². The van der Waals surface area contributed by atoms with Gasteiger partial charge >= 0.3 is 0 Å². The van der Waals surface area contributed by atoms with Gasteiger partial charge in [0.2, 0.25) is 0 Å². The molecule has 40 heavy (non-hydrogen) atoms. The maximum atomic E-state index is 11.1. The van der Waals surface area contributed by atoms with Crippen molar-refractivity contribution in [3.05, 3.63) is 71.3 Å². The third-order valence-corrected chi connectivity index (χ3v) is 9.35. The molecule has 220 valence electrons. The van der Waals surface area contributed by atoms with Gasteiger partial charge in [0, 0.05) is 6.61 Å². The van der Waals surface area contributed by atoms with Gasteiger partial charge in [-0.05, 0) is 103 Å². The Bertz CT molecular complexity index is 1060. The summed E-state index contributed by atoms with van der Waals surface area (Å²) in [5.41, 5.74) is 3.80. The molecule has 2 aliphatic rings. The van der Waals surface area contributed by atoms with Crippen molar-refractivity contribution in [2.24, 2.45) is 41.4 Å². The van der Waals surface area contributed by atoms with Crippen LogP contribution in [0.1, 0.15) is 58.1 Å². The van der Waals surface area contributed by atoms with E-state index >= 15 is 0 Å². The van der Waals surface area contributed by atoms with Crippen LogP contribution in [0.15, 0.2) is 60.2 Å². The molecule has 2 aromatic rings. The summed E-state index contributed by atoms with van der Waals surface area (Å²) in [7, 11) is 3.37. The molecule has 1 fully saturated rings. The summed E-state index contributed by atoms with van der Waals surface area (Å²) in [4.78, 5) is 0. The highest BCUT2D eigenvalue weighted by Crippen LogP contribution is 2.51. The number of aliphatic hydroxyl groups is 1. The first-order chi connectivity index (χ1) is 19.3. The van der Waals surface area contributed by atoms with Gasteiger partial charge in [0.1, 0.15) is 11.5 Å². The molecule has 2 aliphatic carbocycles. The summed E-state index contributed by atoms with van der Waals surface area (Å²) in [6.07, 6.45) is 5.12. The van der Waals surface area contributed by atoms with Crippen LogP contribution in [0.25, 0.3) is 0 Å². The van der Waals surface area contributed by atoms with E-state index in [1.165, 1.54) is 5.57 Å². The molecule has 7 atom stereocenters. The molecule has 4 rings (SSSR count). The van der Waals surface area contributed by atoms with Gasteiger partial charge in [0.05, 0.1) is 40.1 Å². The zero-order chi connectivity index (χ0) is 28.6. The minimum absolute atomic E-state index is 0.252. The third kappa shape index (κ3) is 7.90. The lowest BCUT2D eigenvalue weighted by atomic mass is 9.56. The zero-order valence-electron chi connectivity index (χ0n) is 25.3. The second kappa shape index (κ2) is 14.5. The van der Waals surface area contributed by atoms with Crippen molar-refractivity contribution in [1.29, 1.82) is 0 Å². The van der Waals surface area contributed by atoms with Crippen LogP contribution >= 0.6 is 0 Å². The molecule has 0 bridgehead atoms. The predicted octanol–water partition coefficient (Wildman–Crippen LogP) is 7.32. The average Bonchev–Trinajstić information content (AvgIpc) is 2.95. The molecule has 1 N–H and O–H groups in total. The van der Waals surface area contributed by atoms with E-state index in [0.29, 0.717) is 61.2 Å². The minimum Gasteiger partial charge on any atom is -0.497 e. The Morgan fingerprint density at radius 1 is 0.775 bits per heavy atom. The van der Waals surface area contributed by atoms with Crippen LogP contribution < -0.4 is 9.47 Å². The number of ether oxygens (including phenoxy) is 4. The van der Waals surface area contributed by atoms with Crippen molar-refractivity contribution in [1.82, 2.24) is 0 Å². The monoisotopic (exact) mass is 550 g/mol. The molecule has 1 saturated carbocycles. The first-order valence-electron chi connectivity index (χ1n) is 15.1. The highest BCUT2D eigenvalue weighted by atomic mass is 16.5. The van der Waals surface area contributed by atoms with E-state index in [9.17, 15) is 5.11 Å². The van der Waals surface area contributed by atoms with Crippen molar-refractivity contribution in [3.63, 3.8) is 0 Å². The highest BCUT2D eigenvalue weighted by Gasteiger charge is 2.46. The van der Waals surface area contributed by atoms with Crippen LogP contribution in [0, 0.1) is 41.4 Å². The maximum absolute atomic E-state index is 11.1. The number of hydrogen-bond donors (Lipinski definition) is 1. The normalized spacial score (nSPS) is 26.1. The van der Waals surface area contributed by atoms with E-state index in [-0.39, 0.29) is 6.10 Å². The topological polar surface area (TPSA) is 57.2 Å². The summed E-state index contributed by atoms with van der Waals surface area (Å²) in [6.45, 7) is 11.9. The molecule has 0 unspecified atom stereocenters. The number of fused-ring (bicyclic) bond motifs is 1. The van der Waals surface area contributed by atoms with Gasteiger partial charge in [-0.1, -0.05) is 56.7 Å². The van der Waals surface area contributed by atoms with Crippen molar-refractivity contribution < 1.29 is 24.1 Å². The third-order valence-electron chi connectivity index (χ3n) is 9.35. The number of allylic oxidation sites excluding steroid dienone is 2. The summed E-state index contributed by atoms with van der Waals surface area (Å²) < 4.78 is 23.1. The van der Waals surface area contributed by atoms with Gasteiger partial charge in [0.25, 0.3) is 0 Å². The lowest BCUT2D eigenvalue weighted by Crippen LogP contribution is -2.46. The van der Waals surface area contributed by atoms with Crippen molar-refractivity contribution in [2.75, 3.05) is 27.4 Å². The Balaban J connectivity index is 1.39. The molecule has 2 aromatic carbocycles. The van der Waals surface area contributed by atoms with E-state index in [0.717, 1.165) is 48.5 Å². The van der Waals surface area contributed by atoms with Crippen LogP contribution in [0.2, 0.25) is 0 Å². The lowest BCUT2D eigenvalue weighted by molar-refractivity contribution is -0.0508. The molecular formula is C35H50O5. The van der Waals surface area contributed by atoms with Crippen LogP contribution in [-0.2, 0) is 22.7 Å². The van der Waals surface area contributed by atoms with Gasteiger partial charge in [-0.25, -0.2) is 0 Å². The number of hydrogen-bond acceptors (Lipinski definition) is 5. The Morgan fingerprint density at radius 2 is 1.32 bits per heavy atom. The SMILES string of the molecule is COc1ccc(COC[C@@H](C)[C@@H]2C[C@@H](O)C[C@H]3[C@@H]2C=C(C)C[C@H]3[C@H](COCc2ccc(OC)cc2)C(C)C)cc1. The van der Waals surface area contributed by atoms with E-state index in [4.69, 9.17) is 18.9 Å². The first kappa shape index (κ1) is 30.6. The molecule has 0 aromatic heterocycles. The maximum Gasteiger partial charge on any atom is 0.118 e. The van der Waals surface area contributed by atoms with E-state index < -0.39 is 0 Å². The van der Waals surface area contributed by atoms with Crippen molar-refractivity contribution in [3.8, 4) is 11.5 Å². The number of rotatable bonds is 13. The zero-order valence-corrected chi connectivity index (χ0v) is 25.3. The number of benzene rings is 2. The molecule has 0 heterocycles. The Kier molecular flexibility index (Phi) is 11.1. The molecule has 5 heteroatoms. The quantitative estimate of drug-likeness (QED) is 0.265. The van der Waals surface area contributed by atoms with Gasteiger partial charge in [-0.2, -0.15) is 0 Å². The van der Waals surface area contributed by atoms with Crippen molar-refractivity contribution in [2.45, 2.75) is 66.3 Å². The lowest BCUT2D eigenvalue weighted by Gasteiger charge is -2.50. The van der Waals surface area contributed by atoms with E-state index in [1.807, 2.05) is 24.3 Å². The standard InChI is InChI=1S/C35H50O5/c1-23(2)35(22-40-21-27-9-13-30(38-6)14-10-27)33-16-24(3)15-32-31(17-28(36)18-34(32)33)25(4)19-39-20-26-7-11-29(37-5)12-8-26/h7-15,23,25,28,31-36H,16-22H2,1-6H3/t25-,28-,31+,32-,33-,34+,35-/m1/s1. The summed E-state index contributed by atoms with van der Waals surface area (Å²) in [5, 5.41) is 11.1. The first-order valence-corrected chi connectivity index (χ1v) is 15.1. The largest absolute Gasteiger partial charge is 0.497 e. The van der Waals surface area contributed by atoms with Gasteiger partial charge in [-0.15, -0.1) is 0 Å².